The Bertz CT molecular complexity index is 492. The van der Waals surface area contributed by atoms with Crippen LogP contribution in [0.25, 0.3) is 0 Å². The summed E-state index contributed by atoms with van der Waals surface area (Å²) in [5.41, 5.74) is 2.91. The summed E-state index contributed by atoms with van der Waals surface area (Å²) >= 11 is 1.76. The molecular formula is C16H20O2S. The van der Waals surface area contributed by atoms with Crippen molar-refractivity contribution in [2.75, 3.05) is 12.9 Å². The first kappa shape index (κ1) is 14.2. The van der Waals surface area contributed by atoms with E-state index in [9.17, 15) is 4.79 Å². The molecule has 3 heteroatoms. The number of thioether (sulfide) groups is 1. The van der Waals surface area contributed by atoms with Crippen LogP contribution in [-0.2, 0) is 6.42 Å². The van der Waals surface area contributed by atoms with E-state index < -0.39 is 0 Å². The minimum atomic E-state index is 0.188. The Morgan fingerprint density at radius 2 is 2.21 bits per heavy atom. The molecule has 2 nitrogen and oxygen atoms in total. The third-order valence-electron chi connectivity index (χ3n) is 3.35. The Kier molecular flexibility index (Phi) is 5.08. The molecule has 0 bridgehead atoms. The number of hydrogen-bond acceptors (Lipinski definition) is 3. The van der Waals surface area contributed by atoms with Gasteiger partial charge in [-0.05, 0) is 54.2 Å². The molecular weight excluding hydrogens is 256 g/mol. The highest BCUT2D eigenvalue weighted by molar-refractivity contribution is 8.02. The Hall–Kier alpha value is -1.22. The van der Waals surface area contributed by atoms with Crippen LogP contribution in [-0.4, -0.2) is 18.6 Å². The Balaban J connectivity index is 2.11. The summed E-state index contributed by atoms with van der Waals surface area (Å²) in [5, 5.41) is 2.06. The van der Waals surface area contributed by atoms with Gasteiger partial charge >= 0.3 is 0 Å². The number of methoxy groups -OCH3 is 1. The lowest BCUT2D eigenvalue weighted by Crippen LogP contribution is -2.14. The van der Waals surface area contributed by atoms with Gasteiger partial charge in [0.1, 0.15) is 5.75 Å². The maximum Gasteiger partial charge on any atom is 0.189 e. The molecule has 1 aliphatic carbocycles. The second-order valence-electron chi connectivity index (χ2n) is 4.72. The van der Waals surface area contributed by atoms with E-state index in [0.29, 0.717) is 0 Å². The molecule has 0 aliphatic heterocycles. The number of ether oxygens (including phenoxy) is 1. The van der Waals surface area contributed by atoms with Crippen LogP contribution in [0.3, 0.4) is 0 Å². The van der Waals surface area contributed by atoms with E-state index in [0.717, 1.165) is 41.0 Å². The summed E-state index contributed by atoms with van der Waals surface area (Å²) < 4.78 is 5.20. The van der Waals surface area contributed by atoms with Crippen LogP contribution in [0.2, 0.25) is 0 Å². The van der Waals surface area contributed by atoms with Gasteiger partial charge in [0.25, 0.3) is 0 Å². The van der Waals surface area contributed by atoms with Gasteiger partial charge < -0.3 is 4.74 Å². The molecule has 0 saturated heterocycles. The maximum absolute atomic E-state index is 12.4. The van der Waals surface area contributed by atoms with E-state index in [4.69, 9.17) is 4.74 Å². The van der Waals surface area contributed by atoms with Crippen LogP contribution < -0.4 is 4.74 Å². The lowest BCUT2D eigenvalue weighted by atomic mass is 9.87. The number of aryl methyl sites for hydroxylation is 1. The van der Waals surface area contributed by atoms with Gasteiger partial charge in [0.15, 0.2) is 5.78 Å². The SMILES string of the molecule is CCCCS/C=C1\CCc2cc(OC)ccc2C1=O. The van der Waals surface area contributed by atoms with Crippen LogP contribution in [0.5, 0.6) is 5.75 Å². The molecule has 0 radical (unpaired) electrons. The van der Waals surface area contributed by atoms with Gasteiger partial charge in [0.2, 0.25) is 0 Å². The van der Waals surface area contributed by atoms with Crippen molar-refractivity contribution >= 4 is 17.5 Å². The van der Waals surface area contributed by atoms with E-state index in [1.54, 1.807) is 18.9 Å². The molecule has 1 aromatic carbocycles. The van der Waals surface area contributed by atoms with Gasteiger partial charge in [-0.1, -0.05) is 13.3 Å². The average Bonchev–Trinajstić information content (AvgIpc) is 2.45. The van der Waals surface area contributed by atoms with Crippen molar-refractivity contribution in [3.8, 4) is 5.75 Å². The molecule has 0 heterocycles. The number of benzene rings is 1. The quantitative estimate of drug-likeness (QED) is 0.594. The summed E-state index contributed by atoms with van der Waals surface area (Å²) in [6.07, 6.45) is 4.18. The van der Waals surface area contributed by atoms with Crippen LogP contribution in [0.1, 0.15) is 42.1 Å². The summed E-state index contributed by atoms with van der Waals surface area (Å²) in [5.74, 6) is 2.12. The molecule has 0 aromatic heterocycles. The second kappa shape index (κ2) is 6.80. The first-order valence-corrected chi connectivity index (χ1v) is 7.83. The molecule has 1 aromatic rings. The Labute approximate surface area is 119 Å². The second-order valence-corrected chi connectivity index (χ2v) is 5.70. The number of hydrogen-bond donors (Lipinski definition) is 0. The minimum absolute atomic E-state index is 0.188. The minimum Gasteiger partial charge on any atom is -0.497 e. The molecule has 0 fully saturated rings. The fraction of sp³-hybridized carbons (Fsp3) is 0.438. The summed E-state index contributed by atoms with van der Waals surface area (Å²) in [6, 6.07) is 5.73. The number of rotatable bonds is 5. The van der Waals surface area contributed by atoms with E-state index >= 15 is 0 Å². The van der Waals surface area contributed by atoms with Crippen molar-refractivity contribution in [3.63, 3.8) is 0 Å². The number of unbranched alkanes of at least 4 members (excludes halogenated alkanes) is 1. The smallest absolute Gasteiger partial charge is 0.189 e. The summed E-state index contributed by atoms with van der Waals surface area (Å²) in [7, 11) is 1.65. The zero-order valence-electron chi connectivity index (χ0n) is 11.6. The first-order chi connectivity index (χ1) is 9.26. The number of ketones is 1. The van der Waals surface area contributed by atoms with Gasteiger partial charge in [-0.25, -0.2) is 0 Å². The fourth-order valence-corrected chi connectivity index (χ4v) is 3.18. The highest BCUT2D eigenvalue weighted by atomic mass is 32.2. The van der Waals surface area contributed by atoms with Crippen LogP contribution in [0.4, 0.5) is 0 Å². The Morgan fingerprint density at radius 3 is 2.95 bits per heavy atom. The van der Waals surface area contributed by atoms with Crippen LogP contribution in [0.15, 0.2) is 29.2 Å². The van der Waals surface area contributed by atoms with Crippen LogP contribution in [0, 0.1) is 0 Å². The van der Waals surface area contributed by atoms with Gasteiger partial charge in [0, 0.05) is 11.1 Å². The molecule has 0 atom stereocenters. The molecule has 102 valence electrons. The van der Waals surface area contributed by atoms with Crippen LogP contribution >= 0.6 is 11.8 Å². The fourth-order valence-electron chi connectivity index (χ4n) is 2.18. The number of Topliss-reactive ketones (excluding diaryl/α,β-unsaturated/α-hetero) is 1. The van der Waals surface area contributed by atoms with E-state index in [1.807, 2.05) is 18.2 Å². The first-order valence-electron chi connectivity index (χ1n) is 6.78. The zero-order chi connectivity index (χ0) is 13.7. The van der Waals surface area contributed by atoms with Crippen molar-refractivity contribution in [2.45, 2.75) is 32.6 Å². The van der Waals surface area contributed by atoms with Gasteiger partial charge in [-0.3, -0.25) is 4.79 Å². The molecule has 0 saturated carbocycles. The summed E-state index contributed by atoms with van der Waals surface area (Å²) in [6.45, 7) is 2.18. The van der Waals surface area contributed by atoms with Crippen molar-refractivity contribution in [2.24, 2.45) is 0 Å². The molecule has 0 spiro atoms. The monoisotopic (exact) mass is 276 g/mol. The summed E-state index contributed by atoms with van der Waals surface area (Å²) in [4.78, 5) is 12.4. The molecule has 0 unspecified atom stereocenters. The largest absolute Gasteiger partial charge is 0.497 e. The third-order valence-corrected chi connectivity index (χ3v) is 4.33. The predicted octanol–water partition coefficient (Wildman–Crippen LogP) is 4.24. The number of allylic oxidation sites excluding steroid dienone is 1. The van der Waals surface area contributed by atoms with Crippen molar-refractivity contribution in [1.29, 1.82) is 0 Å². The lowest BCUT2D eigenvalue weighted by Gasteiger charge is -2.18. The van der Waals surface area contributed by atoms with Gasteiger partial charge in [-0.15, -0.1) is 11.8 Å². The zero-order valence-corrected chi connectivity index (χ0v) is 12.4. The highest BCUT2D eigenvalue weighted by Gasteiger charge is 2.21. The standard InChI is InChI=1S/C16H20O2S/c1-3-4-9-19-11-13-6-5-12-10-14(18-2)7-8-15(12)16(13)17/h7-8,10-11H,3-6,9H2,1-2H3/b13-11+. The lowest BCUT2D eigenvalue weighted by molar-refractivity contribution is 0.102. The number of carbonyl (C=O) groups is 1. The van der Waals surface area contributed by atoms with Crippen molar-refractivity contribution in [3.05, 3.63) is 40.3 Å². The molecule has 2 rings (SSSR count). The maximum atomic E-state index is 12.4. The van der Waals surface area contributed by atoms with E-state index in [1.165, 1.54) is 12.8 Å². The molecule has 19 heavy (non-hydrogen) atoms. The van der Waals surface area contributed by atoms with Crippen molar-refractivity contribution in [1.82, 2.24) is 0 Å². The van der Waals surface area contributed by atoms with Gasteiger partial charge in [-0.2, -0.15) is 0 Å². The molecule has 0 amide bonds. The Morgan fingerprint density at radius 1 is 1.37 bits per heavy atom. The van der Waals surface area contributed by atoms with Gasteiger partial charge in [0.05, 0.1) is 7.11 Å². The molecule has 0 N–H and O–H groups in total. The highest BCUT2D eigenvalue weighted by Crippen LogP contribution is 2.29. The van der Waals surface area contributed by atoms with E-state index in [-0.39, 0.29) is 5.78 Å². The average molecular weight is 276 g/mol. The third kappa shape index (κ3) is 3.41. The predicted molar refractivity (Wildman–Crippen MR) is 81.1 cm³/mol. The topological polar surface area (TPSA) is 26.3 Å². The number of fused-ring (bicyclic) bond motifs is 1. The number of carbonyl (C=O) groups excluding carboxylic acids is 1. The van der Waals surface area contributed by atoms with Crippen molar-refractivity contribution < 1.29 is 9.53 Å². The molecule has 1 aliphatic rings. The van der Waals surface area contributed by atoms with E-state index in [2.05, 4.69) is 12.3 Å². The normalized spacial score (nSPS) is 16.5.